The van der Waals surface area contributed by atoms with E-state index in [1.807, 2.05) is 6.92 Å². The molecule has 0 aliphatic carbocycles. The van der Waals surface area contributed by atoms with Gasteiger partial charge in [-0.25, -0.2) is 0 Å². The summed E-state index contributed by atoms with van der Waals surface area (Å²) in [6.45, 7) is 3.80. The second-order valence-corrected chi connectivity index (χ2v) is 8.07. The van der Waals surface area contributed by atoms with Crippen LogP contribution in [0.1, 0.15) is 90.9 Å². The number of amides is 1. The van der Waals surface area contributed by atoms with Crippen molar-refractivity contribution in [1.82, 2.24) is 4.90 Å². The Balaban J connectivity index is 4.28. The summed E-state index contributed by atoms with van der Waals surface area (Å²) in [6, 6.07) is 0. The van der Waals surface area contributed by atoms with Crippen LogP contribution in [0, 0.1) is 0 Å². The van der Waals surface area contributed by atoms with Crippen molar-refractivity contribution in [1.29, 1.82) is 0 Å². The average Bonchev–Trinajstić information content (AvgIpc) is 2.72. The number of aliphatic hydroxyl groups excluding tert-OH is 5. The van der Waals surface area contributed by atoms with Crippen molar-refractivity contribution in [3.05, 3.63) is 0 Å². The molecule has 7 heteroatoms. The van der Waals surface area contributed by atoms with Crippen LogP contribution in [0.25, 0.3) is 0 Å². The van der Waals surface area contributed by atoms with E-state index in [4.69, 9.17) is 5.11 Å². The third-order valence-electron chi connectivity index (χ3n) is 5.33. The van der Waals surface area contributed by atoms with Gasteiger partial charge in [-0.2, -0.15) is 0 Å². The van der Waals surface area contributed by atoms with Gasteiger partial charge in [-0.1, -0.05) is 71.6 Å². The Labute approximate surface area is 176 Å². The van der Waals surface area contributed by atoms with E-state index in [-0.39, 0.29) is 12.5 Å². The van der Waals surface area contributed by atoms with Crippen LogP contribution in [0.2, 0.25) is 0 Å². The molecule has 0 fully saturated rings. The minimum Gasteiger partial charge on any atom is -0.394 e. The largest absolute Gasteiger partial charge is 0.394 e. The summed E-state index contributed by atoms with van der Waals surface area (Å²) < 4.78 is 0. The number of nitrogens with zero attached hydrogens (tertiary/aromatic N) is 1. The maximum absolute atomic E-state index is 12.3. The second-order valence-electron chi connectivity index (χ2n) is 8.07. The predicted octanol–water partition coefficient (Wildman–Crippen LogP) is 1.97. The van der Waals surface area contributed by atoms with Crippen LogP contribution < -0.4 is 0 Å². The number of carbonyl (C=O) groups is 1. The van der Waals surface area contributed by atoms with Crippen LogP contribution in [-0.2, 0) is 4.79 Å². The van der Waals surface area contributed by atoms with Crippen molar-refractivity contribution in [3.63, 3.8) is 0 Å². The molecule has 5 N–H and O–H groups in total. The minimum atomic E-state index is -1.67. The first-order valence-corrected chi connectivity index (χ1v) is 11.5. The Hall–Kier alpha value is -0.730. The molecule has 1 amide bonds. The number of carbonyl (C=O) groups excluding carboxylic acids is 1. The van der Waals surface area contributed by atoms with Gasteiger partial charge in [-0.05, 0) is 12.8 Å². The van der Waals surface area contributed by atoms with Crippen molar-refractivity contribution in [3.8, 4) is 0 Å². The van der Waals surface area contributed by atoms with Crippen LogP contribution in [0.15, 0.2) is 0 Å². The molecule has 0 aromatic rings. The van der Waals surface area contributed by atoms with E-state index in [1.165, 1.54) is 49.8 Å². The standard InChI is InChI=1S/C22H45NO6/c1-3-5-6-7-8-9-10-11-12-13-15-23(20(27)14-4-2)16-18(25)21(28)22(29)19(26)17-24/h18-19,21-22,24-26,28-29H,3-17H2,1-2H3/t18-,19+,21+,22+/m0/s1. The first kappa shape index (κ1) is 28.3. The lowest BCUT2D eigenvalue weighted by Crippen LogP contribution is -2.50. The van der Waals surface area contributed by atoms with Crippen LogP contribution in [0.4, 0.5) is 0 Å². The summed E-state index contributed by atoms with van der Waals surface area (Å²) in [5, 5.41) is 48.2. The van der Waals surface area contributed by atoms with Gasteiger partial charge in [-0.3, -0.25) is 4.79 Å². The molecule has 174 valence electrons. The number of aliphatic hydroxyl groups is 5. The van der Waals surface area contributed by atoms with Gasteiger partial charge in [0.15, 0.2) is 0 Å². The van der Waals surface area contributed by atoms with Gasteiger partial charge >= 0.3 is 0 Å². The van der Waals surface area contributed by atoms with Gasteiger partial charge in [0.1, 0.15) is 24.4 Å². The highest BCUT2D eigenvalue weighted by Gasteiger charge is 2.31. The van der Waals surface area contributed by atoms with Gasteiger partial charge < -0.3 is 30.4 Å². The second kappa shape index (κ2) is 18.1. The Morgan fingerprint density at radius 1 is 0.724 bits per heavy atom. The smallest absolute Gasteiger partial charge is 0.222 e. The third-order valence-corrected chi connectivity index (χ3v) is 5.33. The van der Waals surface area contributed by atoms with Crippen molar-refractivity contribution in [2.75, 3.05) is 19.7 Å². The highest BCUT2D eigenvalue weighted by Crippen LogP contribution is 2.13. The summed E-state index contributed by atoms with van der Waals surface area (Å²) in [4.78, 5) is 13.9. The zero-order chi connectivity index (χ0) is 22.1. The van der Waals surface area contributed by atoms with E-state index in [1.54, 1.807) is 0 Å². The molecule has 0 saturated carbocycles. The highest BCUT2D eigenvalue weighted by molar-refractivity contribution is 5.76. The minimum absolute atomic E-state index is 0.0909. The first-order chi connectivity index (χ1) is 13.9. The molecule has 0 saturated heterocycles. The highest BCUT2D eigenvalue weighted by atomic mass is 16.4. The summed E-state index contributed by atoms with van der Waals surface area (Å²) >= 11 is 0. The van der Waals surface area contributed by atoms with Crippen molar-refractivity contribution in [2.24, 2.45) is 0 Å². The summed E-state index contributed by atoms with van der Waals surface area (Å²) in [5.74, 6) is -0.0909. The van der Waals surface area contributed by atoms with Crippen LogP contribution in [0.5, 0.6) is 0 Å². The SMILES string of the molecule is CCCCCCCCCCCCN(C[C@H](O)[C@@H](O)[C@H](O)[C@H](O)CO)C(=O)CCC. The molecule has 4 atom stereocenters. The molecule has 7 nitrogen and oxygen atoms in total. The predicted molar refractivity (Wildman–Crippen MR) is 114 cm³/mol. The molecule has 0 unspecified atom stereocenters. The normalized spacial score (nSPS) is 15.7. The quantitative estimate of drug-likeness (QED) is 0.204. The fraction of sp³-hybridized carbons (Fsp3) is 0.955. The average molecular weight is 420 g/mol. The van der Waals surface area contributed by atoms with E-state index in [0.29, 0.717) is 19.4 Å². The molecule has 0 aliphatic heterocycles. The molecule has 0 aromatic carbocycles. The lowest BCUT2D eigenvalue weighted by Gasteiger charge is -2.30. The van der Waals surface area contributed by atoms with Crippen molar-refractivity contribution in [2.45, 2.75) is 115 Å². The molecule has 29 heavy (non-hydrogen) atoms. The van der Waals surface area contributed by atoms with E-state index in [0.717, 1.165) is 19.3 Å². The molecule has 0 bridgehead atoms. The fourth-order valence-corrected chi connectivity index (χ4v) is 3.38. The number of unbranched alkanes of at least 4 members (excludes halogenated alkanes) is 9. The van der Waals surface area contributed by atoms with E-state index < -0.39 is 31.0 Å². The molecular formula is C22H45NO6. The van der Waals surface area contributed by atoms with E-state index in [9.17, 15) is 25.2 Å². The maximum Gasteiger partial charge on any atom is 0.222 e. The van der Waals surface area contributed by atoms with Gasteiger partial charge in [0, 0.05) is 19.5 Å². The Bertz CT molecular complexity index is 395. The third kappa shape index (κ3) is 13.2. The van der Waals surface area contributed by atoms with Crippen molar-refractivity contribution < 1.29 is 30.3 Å². The summed E-state index contributed by atoms with van der Waals surface area (Å²) in [5.41, 5.74) is 0. The van der Waals surface area contributed by atoms with Crippen LogP contribution in [-0.4, -0.2) is 80.5 Å². The molecular weight excluding hydrogens is 374 g/mol. The Morgan fingerprint density at radius 2 is 1.21 bits per heavy atom. The Morgan fingerprint density at radius 3 is 1.69 bits per heavy atom. The topological polar surface area (TPSA) is 121 Å². The molecule has 0 rings (SSSR count). The zero-order valence-corrected chi connectivity index (χ0v) is 18.5. The number of rotatable bonds is 19. The van der Waals surface area contributed by atoms with Gasteiger partial charge in [0.2, 0.25) is 5.91 Å². The lowest BCUT2D eigenvalue weighted by molar-refractivity contribution is -0.139. The van der Waals surface area contributed by atoms with E-state index in [2.05, 4.69) is 6.92 Å². The summed E-state index contributed by atoms with van der Waals surface area (Å²) in [7, 11) is 0. The first-order valence-electron chi connectivity index (χ1n) is 11.5. The van der Waals surface area contributed by atoms with E-state index >= 15 is 0 Å². The van der Waals surface area contributed by atoms with Crippen LogP contribution in [0.3, 0.4) is 0 Å². The van der Waals surface area contributed by atoms with Gasteiger partial charge in [0.05, 0.1) is 6.61 Å². The lowest BCUT2D eigenvalue weighted by atomic mass is 10.0. The van der Waals surface area contributed by atoms with Crippen molar-refractivity contribution >= 4 is 5.91 Å². The number of hydrogen-bond acceptors (Lipinski definition) is 6. The molecule has 0 spiro atoms. The Kier molecular flexibility index (Phi) is 17.6. The molecule has 0 radical (unpaired) electrons. The van der Waals surface area contributed by atoms with Gasteiger partial charge in [-0.15, -0.1) is 0 Å². The van der Waals surface area contributed by atoms with Gasteiger partial charge in [0.25, 0.3) is 0 Å². The monoisotopic (exact) mass is 419 g/mol. The zero-order valence-electron chi connectivity index (χ0n) is 18.5. The molecule has 0 heterocycles. The maximum atomic E-state index is 12.3. The molecule has 0 aromatic heterocycles. The van der Waals surface area contributed by atoms with Crippen LogP contribution >= 0.6 is 0 Å². The summed E-state index contributed by atoms with van der Waals surface area (Å²) in [6.07, 6.45) is 6.72. The molecule has 0 aliphatic rings. The number of hydrogen-bond donors (Lipinski definition) is 5. The fourth-order valence-electron chi connectivity index (χ4n) is 3.38.